The summed E-state index contributed by atoms with van der Waals surface area (Å²) in [6, 6.07) is 0. The fraction of sp³-hybridized carbons (Fsp3) is 0.900. The van der Waals surface area contributed by atoms with Crippen LogP contribution < -0.4 is 0 Å². The Hall–Kier alpha value is -0.410. The summed E-state index contributed by atoms with van der Waals surface area (Å²) < 4.78 is 0. The quantitative estimate of drug-likeness (QED) is 0.578. The Morgan fingerprint density at radius 1 is 1.31 bits per heavy atom. The van der Waals surface area contributed by atoms with E-state index in [-0.39, 0.29) is 12.4 Å². The lowest BCUT2D eigenvalue weighted by Crippen LogP contribution is -2.27. The highest BCUT2D eigenvalue weighted by Gasteiger charge is 2.00. The minimum Gasteiger partial charge on any atom is -0.395 e. The maximum absolute atomic E-state index is 10.6. The van der Waals surface area contributed by atoms with Gasteiger partial charge in [0.05, 0.1) is 6.61 Å². The normalized spacial score (nSPS) is 10.8. The second kappa shape index (κ2) is 8.20. The van der Waals surface area contributed by atoms with Crippen LogP contribution in [0.1, 0.15) is 33.1 Å². The average molecular weight is 187 g/mol. The van der Waals surface area contributed by atoms with Crippen LogP contribution in [0.25, 0.3) is 0 Å². The number of ketones is 1. The van der Waals surface area contributed by atoms with Gasteiger partial charge in [0.2, 0.25) is 0 Å². The molecule has 0 aromatic heterocycles. The van der Waals surface area contributed by atoms with Crippen LogP contribution in [-0.4, -0.2) is 42.0 Å². The van der Waals surface area contributed by atoms with Crippen molar-refractivity contribution in [3.63, 3.8) is 0 Å². The molecule has 0 aromatic rings. The number of nitrogens with zero attached hydrogens (tertiary/aromatic N) is 1. The molecular formula is C10H21NO2. The second-order valence-electron chi connectivity index (χ2n) is 3.32. The zero-order valence-corrected chi connectivity index (χ0v) is 8.75. The molecule has 0 saturated heterocycles. The third kappa shape index (κ3) is 7.94. The number of unbranched alkanes of at least 4 members (excludes halogenated alkanes) is 1. The molecule has 0 aliphatic carbocycles. The largest absolute Gasteiger partial charge is 0.395 e. The molecule has 0 radical (unpaired) electrons. The molecule has 78 valence electrons. The molecule has 0 saturated carbocycles. The molecule has 0 aromatic carbocycles. The van der Waals surface area contributed by atoms with Crippen LogP contribution in [0.4, 0.5) is 0 Å². The fourth-order valence-corrected chi connectivity index (χ4v) is 1.28. The molecule has 3 nitrogen and oxygen atoms in total. The molecule has 0 rings (SSSR count). The van der Waals surface area contributed by atoms with Gasteiger partial charge in [0.15, 0.2) is 0 Å². The third-order valence-corrected chi connectivity index (χ3v) is 2.12. The highest BCUT2D eigenvalue weighted by atomic mass is 16.3. The van der Waals surface area contributed by atoms with E-state index in [2.05, 4.69) is 11.8 Å². The van der Waals surface area contributed by atoms with Crippen LogP contribution in [0.3, 0.4) is 0 Å². The van der Waals surface area contributed by atoms with Gasteiger partial charge in [0.25, 0.3) is 0 Å². The predicted octanol–water partition coefficient (Wildman–Crippen LogP) is 1.06. The highest BCUT2D eigenvalue weighted by Crippen LogP contribution is 1.99. The SMILES string of the molecule is CCN(CCO)CCCCC(C)=O. The van der Waals surface area contributed by atoms with Gasteiger partial charge in [-0.3, -0.25) is 0 Å². The first-order valence-electron chi connectivity index (χ1n) is 5.03. The smallest absolute Gasteiger partial charge is 0.129 e. The van der Waals surface area contributed by atoms with E-state index in [0.717, 1.165) is 32.5 Å². The van der Waals surface area contributed by atoms with Crippen molar-refractivity contribution in [1.82, 2.24) is 4.90 Å². The molecule has 3 heteroatoms. The van der Waals surface area contributed by atoms with E-state index in [1.165, 1.54) is 0 Å². The van der Waals surface area contributed by atoms with Crippen molar-refractivity contribution in [1.29, 1.82) is 0 Å². The van der Waals surface area contributed by atoms with Crippen LogP contribution in [-0.2, 0) is 4.79 Å². The highest BCUT2D eigenvalue weighted by molar-refractivity contribution is 5.75. The van der Waals surface area contributed by atoms with Gasteiger partial charge in [-0.05, 0) is 32.9 Å². The van der Waals surface area contributed by atoms with Crippen LogP contribution in [0.15, 0.2) is 0 Å². The van der Waals surface area contributed by atoms with Gasteiger partial charge in [-0.15, -0.1) is 0 Å². The lowest BCUT2D eigenvalue weighted by atomic mass is 10.2. The van der Waals surface area contributed by atoms with Crippen LogP contribution in [0.2, 0.25) is 0 Å². The zero-order chi connectivity index (χ0) is 10.1. The summed E-state index contributed by atoms with van der Waals surface area (Å²) in [7, 11) is 0. The van der Waals surface area contributed by atoms with Crippen molar-refractivity contribution in [3.8, 4) is 0 Å². The van der Waals surface area contributed by atoms with E-state index < -0.39 is 0 Å². The summed E-state index contributed by atoms with van der Waals surface area (Å²) in [5, 5.41) is 8.72. The fourth-order valence-electron chi connectivity index (χ4n) is 1.28. The lowest BCUT2D eigenvalue weighted by Gasteiger charge is -2.18. The van der Waals surface area contributed by atoms with Gasteiger partial charge < -0.3 is 14.8 Å². The van der Waals surface area contributed by atoms with Crippen molar-refractivity contribution in [3.05, 3.63) is 0 Å². The minimum atomic E-state index is 0.223. The van der Waals surface area contributed by atoms with E-state index in [4.69, 9.17) is 5.11 Å². The first-order chi connectivity index (χ1) is 6.20. The van der Waals surface area contributed by atoms with Crippen LogP contribution >= 0.6 is 0 Å². The number of rotatable bonds is 8. The first-order valence-corrected chi connectivity index (χ1v) is 5.03. The zero-order valence-electron chi connectivity index (χ0n) is 8.75. The minimum absolute atomic E-state index is 0.223. The van der Waals surface area contributed by atoms with Crippen LogP contribution in [0, 0.1) is 0 Å². The summed E-state index contributed by atoms with van der Waals surface area (Å²) in [5.74, 6) is 0.269. The van der Waals surface area contributed by atoms with Gasteiger partial charge in [0, 0.05) is 13.0 Å². The second-order valence-corrected chi connectivity index (χ2v) is 3.32. The Bertz CT molecular complexity index is 137. The first kappa shape index (κ1) is 12.6. The summed E-state index contributed by atoms with van der Waals surface area (Å²) in [6.45, 7) is 6.65. The molecular weight excluding hydrogens is 166 g/mol. The molecule has 0 aliphatic heterocycles. The predicted molar refractivity (Wildman–Crippen MR) is 53.7 cm³/mol. The van der Waals surface area contributed by atoms with E-state index in [1.54, 1.807) is 6.92 Å². The lowest BCUT2D eigenvalue weighted by molar-refractivity contribution is -0.117. The molecule has 0 spiro atoms. The monoisotopic (exact) mass is 187 g/mol. The Balaban J connectivity index is 3.32. The summed E-state index contributed by atoms with van der Waals surface area (Å²) in [4.78, 5) is 12.8. The molecule has 0 unspecified atom stereocenters. The number of likely N-dealkylation sites (N-methyl/N-ethyl adjacent to an activating group) is 1. The number of hydrogen-bond donors (Lipinski definition) is 1. The van der Waals surface area contributed by atoms with E-state index in [1.807, 2.05) is 0 Å². The van der Waals surface area contributed by atoms with Gasteiger partial charge in [-0.2, -0.15) is 0 Å². The van der Waals surface area contributed by atoms with Crippen LogP contribution in [0.5, 0.6) is 0 Å². The Kier molecular flexibility index (Phi) is 7.94. The number of carbonyl (C=O) groups is 1. The van der Waals surface area contributed by atoms with Gasteiger partial charge in [-0.25, -0.2) is 0 Å². The molecule has 0 fully saturated rings. The third-order valence-electron chi connectivity index (χ3n) is 2.12. The Morgan fingerprint density at radius 3 is 2.46 bits per heavy atom. The average Bonchev–Trinajstić information content (AvgIpc) is 2.10. The summed E-state index contributed by atoms with van der Waals surface area (Å²) in [5.41, 5.74) is 0. The molecule has 1 N–H and O–H groups in total. The van der Waals surface area contributed by atoms with Crippen molar-refractivity contribution >= 4 is 5.78 Å². The summed E-state index contributed by atoms with van der Waals surface area (Å²) in [6.07, 6.45) is 2.71. The number of hydrogen-bond acceptors (Lipinski definition) is 3. The van der Waals surface area contributed by atoms with E-state index in [0.29, 0.717) is 6.42 Å². The maximum Gasteiger partial charge on any atom is 0.129 e. The van der Waals surface area contributed by atoms with E-state index >= 15 is 0 Å². The van der Waals surface area contributed by atoms with Gasteiger partial charge in [0.1, 0.15) is 5.78 Å². The van der Waals surface area contributed by atoms with E-state index in [9.17, 15) is 4.79 Å². The standard InChI is InChI=1S/C10H21NO2/c1-3-11(8-9-12)7-5-4-6-10(2)13/h12H,3-9H2,1-2H3. The molecule has 0 aliphatic rings. The van der Waals surface area contributed by atoms with Crippen molar-refractivity contribution in [2.75, 3.05) is 26.2 Å². The molecule has 0 atom stereocenters. The molecule has 0 bridgehead atoms. The van der Waals surface area contributed by atoms with Crippen molar-refractivity contribution in [2.24, 2.45) is 0 Å². The van der Waals surface area contributed by atoms with Crippen molar-refractivity contribution < 1.29 is 9.90 Å². The number of aliphatic hydroxyl groups excluding tert-OH is 1. The maximum atomic E-state index is 10.6. The Morgan fingerprint density at radius 2 is 2.00 bits per heavy atom. The molecule has 0 amide bonds. The number of carbonyl (C=O) groups excluding carboxylic acids is 1. The van der Waals surface area contributed by atoms with Gasteiger partial charge in [-0.1, -0.05) is 6.92 Å². The molecule has 0 heterocycles. The molecule has 13 heavy (non-hydrogen) atoms. The number of Topliss-reactive ketones (excluding diaryl/α,β-unsaturated/α-hetero) is 1. The van der Waals surface area contributed by atoms with Gasteiger partial charge >= 0.3 is 0 Å². The topological polar surface area (TPSA) is 40.5 Å². The number of aliphatic hydroxyl groups is 1. The van der Waals surface area contributed by atoms with Crippen molar-refractivity contribution in [2.45, 2.75) is 33.1 Å². The Labute approximate surface area is 80.7 Å². The summed E-state index contributed by atoms with van der Waals surface area (Å²) >= 11 is 0.